The first-order valence-corrected chi connectivity index (χ1v) is 7.38. The highest BCUT2D eigenvalue weighted by Gasteiger charge is 2.00. The maximum Gasteiger partial charge on any atom is -0.00853 e. The van der Waals surface area contributed by atoms with Crippen molar-refractivity contribution in [1.29, 1.82) is 0 Å². The summed E-state index contributed by atoms with van der Waals surface area (Å²) in [6.07, 6.45) is 14.1. The van der Waals surface area contributed by atoms with E-state index in [4.69, 9.17) is 6.42 Å². The van der Waals surface area contributed by atoms with Crippen LogP contribution >= 0.6 is 0 Å². The average molecular weight is 278 g/mol. The smallest absolute Gasteiger partial charge is 0.00853 e. The highest BCUT2D eigenvalue weighted by molar-refractivity contribution is 5.76. The Bertz CT molecular complexity index is 545. The molecule has 1 rings (SSSR count). The van der Waals surface area contributed by atoms with Crippen molar-refractivity contribution in [3.05, 3.63) is 77.9 Å². The second-order valence-corrected chi connectivity index (χ2v) is 4.32. The lowest BCUT2D eigenvalue weighted by molar-refractivity contribution is 1.25. The van der Waals surface area contributed by atoms with E-state index >= 15 is 0 Å². The van der Waals surface area contributed by atoms with Crippen molar-refractivity contribution >= 4 is 5.57 Å². The van der Waals surface area contributed by atoms with Crippen molar-refractivity contribution in [2.45, 2.75) is 34.1 Å². The van der Waals surface area contributed by atoms with E-state index in [0.717, 1.165) is 23.1 Å². The molecule has 0 saturated carbocycles. The fraction of sp³-hybridized carbons (Fsp3) is 0.238. The number of terminal acetylenes is 1. The van der Waals surface area contributed by atoms with Gasteiger partial charge in [-0.25, -0.2) is 0 Å². The van der Waals surface area contributed by atoms with Crippen LogP contribution in [0, 0.1) is 12.3 Å². The minimum atomic E-state index is 0.826. The van der Waals surface area contributed by atoms with Crippen molar-refractivity contribution in [2.75, 3.05) is 0 Å². The van der Waals surface area contributed by atoms with Crippen LogP contribution in [0.4, 0.5) is 0 Å². The van der Waals surface area contributed by atoms with E-state index < -0.39 is 0 Å². The van der Waals surface area contributed by atoms with Crippen LogP contribution < -0.4 is 0 Å². The molecule has 110 valence electrons. The fourth-order valence-corrected chi connectivity index (χ4v) is 1.76. The van der Waals surface area contributed by atoms with E-state index in [-0.39, 0.29) is 0 Å². The summed E-state index contributed by atoms with van der Waals surface area (Å²) in [5.74, 6) is 2.57. The molecule has 0 radical (unpaired) electrons. The van der Waals surface area contributed by atoms with Gasteiger partial charge in [0, 0.05) is 0 Å². The highest BCUT2D eigenvalue weighted by atomic mass is 14.0. The molecular weight excluding hydrogens is 252 g/mol. The number of hydrogen-bond acceptors (Lipinski definition) is 0. The minimum absolute atomic E-state index is 0.826. The summed E-state index contributed by atoms with van der Waals surface area (Å²) in [7, 11) is 0. The van der Waals surface area contributed by atoms with E-state index in [9.17, 15) is 0 Å². The number of hydrogen-bond donors (Lipinski definition) is 0. The molecule has 0 unspecified atom stereocenters. The van der Waals surface area contributed by atoms with Gasteiger partial charge in [0.15, 0.2) is 0 Å². The monoisotopic (exact) mass is 278 g/mol. The maximum atomic E-state index is 5.32. The molecule has 0 nitrogen and oxygen atoms in total. The molecule has 1 aromatic rings. The second-order valence-electron chi connectivity index (χ2n) is 4.32. The zero-order valence-corrected chi connectivity index (χ0v) is 13.7. The van der Waals surface area contributed by atoms with E-state index in [1.165, 1.54) is 5.57 Å². The lowest BCUT2D eigenvalue weighted by Crippen LogP contribution is -1.85. The van der Waals surface area contributed by atoms with Crippen LogP contribution in [0.1, 0.15) is 39.7 Å². The fourth-order valence-electron chi connectivity index (χ4n) is 1.76. The van der Waals surface area contributed by atoms with Crippen LogP contribution in [0.15, 0.2) is 72.4 Å². The van der Waals surface area contributed by atoms with Crippen LogP contribution in [0.25, 0.3) is 5.57 Å². The van der Waals surface area contributed by atoms with Crippen LogP contribution in [0.2, 0.25) is 0 Å². The SMILES string of the molecule is C#C/C=C(\C=C/C)C/C=C(/C)C(=C)c1ccccc1.CC. The molecule has 1 aromatic carbocycles. The zero-order valence-electron chi connectivity index (χ0n) is 13.7. The summed E-state index contributed by atoms with van der Waals surface area (Å²) >= 11 is 0. The Kier molecular flexibility index (Phi) is 10.3. The summed E-state index contributed by atoms with van der Waals surface area (Å²) in [6.45, 7) is 12.2. The van der Waals surface area contributed by atoms with Crippen molar-refractivity contribution in [1.82, 2.24) is 0 Å². The molecule has 0 aromatic heterocycles. The van der Waals surface area contributed by atoms with E-state index in [2.05, 4.69) is 37.6 Å². The first kappa shape index (κ1) is 18.7. The van der Waals surface area contributed by atoms with E-state index in [0.29, 0.717) is 0 Å². The molecule has 0 heteroatoms. The van der Waals surface area contributed by atoms with Crippen LogP contribution in [0.3, 0.4) is 0 Å². The van der Waals surface area contributed by atoms with Gasteiger partial charge in [-0.2, -0.15) is 0 Å². The third-order valence-electron chi connectivity index (χ3n) is 2.89. The van der Waals surface area contributed by atoms with Gasteiger partial charge in [-0.05, 0) is 48.6 Å². The van der Waals surface area contributed by atoms with E-state index in [1.54, 1.807) is 6.08 Å². The quantitative estimate of drug-likeness (QED) is 0.444. The van der Waals surface area contributed by atoms with Gasteiger partial charge in [0.05, 0.1) is 0 Å². The van der Waals surface area contributed by atoms with Crippen LogP contribution in [-0.2, 0) is 0 Å². The molecule has 0 aliphatic carbocycles. The van der Waals surface area contributed by atoms with E-state index in [1.807, 2.05) is 51.1 Å². The Balaban J connectivity index is 0.00000191. The molecule has 0 aliphatic heterocycles. The molecule has 0 saturated heterocycles. The summed E-state index contributed by atoms with van der Waals surface area (Å²) in [5.41, 5.74) is 4.52. The first-order valence-electron chi connectivity index (χ1n) is 7.38. The predicted molar refractivity (Wildman–Crippen MR) is 96.9 cm³/mol. The molecule has 0 atom stereocenters. The molecule has 0 aliphatic rings. The normalized spacial score (nSPS) is 11.6. The highest BCUT2D eigenvalue weighted by Crippen LogP contribution is 2.21. The summed E-state index contributed by atoms with van der Waals surface area (Å²) in [4.78, 5) is 0. The number of allylic oxidation sites excluding steroid dienone is 7. The van der Waals surface area contributed by atoms with Gasteiger partial charge >= 0.3 is 0 Å². The number of rotatable bonds is 5. The van der Waals surface area contributed by atoms with Crippen molar-refractivity contribution < 1.29 is 0 Å². The summed E-state index contributed by atoms with van der Waals surface area (Å²) < 4.78 is 0. The van der Waals surface area contributed by atoms with Crippen molar-refractivity contribution in [3.63, 3.8) is 0 Å². The summed E-state index contributed by atoms with van der Waals surface area (Å²) in [6, 6.07) is 10.2. The Morgan fingerprint density at radius 3 is 2.38 bits per heavy atom. The van der Waals surface area contributed by atoms with Crippen molar-refractivity contribution in [3.8, 4) is 12.3 Å². The molecule has 0 amide bonds. The largest absolute Gasteiger partial charge is 0.115 e. The molecular formula is C21H26. The van der Waals surface area contributed by atoms with Gasteiger partial charge in [-0.3, -0.25) is 0 Å². The first-order chi connectivity index (χ1) is 10.2. The molecule has 0 bridgehead atoms. The lowest BCUT2D eigenvalue weighted by atomic mass is 9.99. The maximum absolute atomic E-state index is 5.32. The molecule has 0 N–H and O–H groups in total. The topological polar surface area (TPSA) is 0 Å². The summed E-state index contributed by atoms with van der Waals surface area (Å²) in [5, 5.41) is 0. The number of benzene rings is 1. The van der Waals surface area contributed by atoms with Crippen molar-refractivity contribution in [2.24, 2.45) is 0 Å². The minimum Gasteiger partial charge on any atom is -0.115 e. The zero-order chi connectivity index (χ0) is 16.1. The second kappa shape index (κ2) is 11.6. The van der Waals surface area contributed by atoms with Gasteiger partial charge in [0.1, 0.15) is 0 Å². The predicted octanol–water partition coefficient (Wildman–Crippen LogP) is 6.20. The standard InChI is InChI=1S/C19H20.C2H6/c1-5-10-18(11-6-2)15-14-16(3)17(4)19-12-8-7-9-13-19;1-2/h1,6-14H,4,15H2,2-3H3;1-2H3/b11-6-,16-14-,18-10+;. The van der Waals surface area contributed by atoms with Gasteiger partial charge in [-0.15, -0.1) is 6.42 Å². The molecule has 0 fully saturated rings. The van der Waals surface area contributed by atoms with Gasteiger partial charge in [0.2, 0.25) is 0 Å². The molecule has 21 heavy (non-hydrogen) atoms. The Hall–Kier alpha value is -2.26. The molecule has 0 spiro atoms. The lowest BCUT2D eigenvalue weighted by Gasteiger charge is -2.06. The third-order valence-corrected chi connectivity index (χ3v) is 2.89. The Morgan fingerprint density at radius 2 is 1.86 bits per heavy atom. The molecule has 0 heterocycles. The van der Waals surface area contributed by atoms with Gasteiger partial charge < -0.3 is 0 Å². The van der Waals surface area contributed by atoms with Crippen LogP contribution in [0.5, 0.6) is 0 Å². The van der Waals surface area contributed by atoms with Crippen LogP contribution in [-0.4, -0.2) is 0 Å². The Labute approximate surface area is 130 Å². The van der Waals surface area contributed by atoms with Gasteiger partial charge in [-0.1, -0.05) is 74.9 Å². The van der Waals surface area contributed by atoms with Gasteiger partial charge in [0.25, 0.3) is 0 Å². The third kappa shape index (κ3) is 7.18. The average Bonchev–Trinajstić information content (AvgIpc) is 2.54. The Morgan fingerprint density at radius 1 is 1.24 bits per heavy atom.